The normalized spacial score (nSPS) is 10.9. The molecule has 1 N–H and O–H groups in total. The lowest BCUT2D eigenvalue weighted by Gasteiger charge is -2.10. The van der Waals surface area contributed by atoms with Gasteiger partial charge in [0.25, 0.3) is 0 Å². The number of aryl methyl sites for hydroxylation is 3. The van der Waals surface area contributed by atoms with Gasteiger partial charge in [-0.3, -0.25) is 9.36 Å². The second kappa shape index (κ2) is 10.6. The van der Waals surface area contributed by atoms with E-state index in [1.165, 1.54) is 23.5 Å². The van der Waals surface area contributed by atoms with Crippen LogP contribution >= 0.6 is 23.5 Å². The van der Waals surface area contributed by atoms with Crippen LogP contribution in [-0.2, 0) is 10.5 Å². The van der Waals surface area contributed by atoms with Crippen molar-refractivity contribution < 1.29 is 4.79 Å². The number of nitrogens with one attached hydrogen (secondary N) is 1. The molecular formula is C24H24N6OS2. The summed E-state index contributed by atoms with van der Waals surface area (Å²) in [5.74, 6) is 1.47. The molecule has 0 aliphatic heterocycles. The average Bonchev–Trinajstić information content (AvgIpc) is 3.21. The van der Waals surface area contributed by atoms with E-state index in [0.29, 0.717) is 16.1 Å². The minimum Gasteiger partial charge on any atom is -0.325 e. The van der Waals surface area contributed by atoms with Gasteiger partial charge >= 0.3 is 0 Å². The third kappa shape index (κ3) is 6.21. The van der Waals surface area contributed by atoms with E-state index < -0.39 is 0 Å². The number of hydrogen-bond donors (Lipinski definition) is 1. The first-order chi connectivity index (χ1) is 16.0. The quantitative estimate of drug-likeness (QED) is 0.283. The molecule has 0 saturated carbocycles. The van der Waals surface area contributed by atoms with Crippen LogP contribution in [0.3, 0.4) is 0 Å². The molecule has 2 aromatic carbocycles. The summed E-state index contributed by atoms with van der Waals surface area (Å²) in [7, 11) is 0. The SMILES string of the molecule is Cc1ccc(NC(=O)CSc2nnc(CSc3nc(C)cc(C)n3)n2-c2ccccc2)cc1. The molecule has 4 aromatic rings. The van der Waals surface area contributed by atoms with Crippen LogP contribution in [0.5, 0.6) is 0 Å². The molecule has 4 rings (SSSR count). The highest BCUT2D eigenvalue weighted by Crippen LogP contribution is 2.26. The van der Waals surface area contributed by atoms with Gasteiger partial charge in [0.15, 0.2) is 10.3 Å². The summed E-state index contributed by atoms with van der Waals surface area (Å²) in [5, 5.41) is 13.1. The fourth-order valence-corrected chi connectivity index (χ4v) is 4.81. The maximum atomic E-state index is 12.5. The highest BCUT2D eigenvalue weighted by Gasteiger charge is 2.17. The van der Waals surface area contributed by atoms with Gasteiger partial charge in [0.1, 0.15) is 5.82 Å². The highest BCUT2D eigenvalue weighted by molar-refractivity contribution is 7.99. The van der Waals surface area contributed by atoms with Crippen LogP contribution < -0.4 is 5.32 Å². The standard InChI is InChI=1S/C24H24N6OS2/c1-16-9-11-19(12-10-16)27-22(31)15-33-24-29-28-21(30(24)20-7-5-4-6-8-20)14-32-23-25-17(2)13-18(3)26-23/h4-13H,14-15H2,1-3H3,(H,27,31). The summed E-state index contributed by atoms with van der Waals surface area (Å²) >= 11 is 2.87. The number of para-hydroxylation sites is 1. The second-order valence-electron chi connectivity index (χ2n) is 7.49. The Balaban J connectivity index is 1.49. The predicted octanol–water partition coefficient (Wildman–Crippen LogP) is 5.01. The lowest BCUT2D eigenvalue weighted by atomic mass is 10.2. The van der Waals surface area contributed by atoms with E-state index in [0.717, 1.165) is 34.2 Å². The van der Waals surface area contributed by atoms with Crippen molar-refractivity contribution in [3.8, 4) is 5.69 Å². The molecule has 0 unspecified atom stereocenters. The summed E-state index contributed by atoms with van der Waals surface area (Å²) in [6.45, 7) is 5.93. The molecule has 0 fully saturated rings. The molecule has 33 heavy (non-hydrogen) atoms. The van der Waals surface area contributed by atoms with Crippen LogP contribution in [0, 0.1) is 20.8 Å². The van der Waals surface area contributed by atoms with E-state index in [2.05, 4.69) is 25.5 Å². The third-order valence-corrected chi connectivity index (χ3v) is 6.45. The molecule has 0 saturated heterocycles. The zero-order valence-corrected chi connectivity index (χ0v) is 20.3. The third-order valence-electron chi connectivity index (χ3n) is 4.67. The average molecular weight is 477 g/mol. The van der Waals surface area contributed by atoms with Crippen LogP contribution in [0.4, 0.5) is 5.69 Å². The first-order valence-corrected chi connectivity index (χ1v) is 12.4. The number of carbonyl (C=O) groups excluding carboxylic acids is 1. The number of benzene rings is 2. The van der Waals surface area contributed by atoms with Gasteiger partial charge in [-0.05, 0) is 51.1 Å². The van der Waals surface area contributed by atoms with Gasteiger partial charge in [-0.1, -0.05) is 59.4 Å². The van der Waals surface area contributed by atoms with Crippen molar-refractivity contribution in [1.29, 1.82) is 0 Å². The summed E-state index contributed by atoms with van der Waals surface area (Å²) in [6, 6.07) is 19.6. The van der Waals surface area contributed by atoms with Gasteiger partial charge < -0.3 is 5.32 Å². The zero-order valence-electron chi connectivity index (χ0n) is 18.6. The number of thioether (sulfide) groups is 2. The van der Waals surface area contributed by atoms with Crippen LogP contribution in [-0.4, -0.2) is 36.4 Å². The minimum atomic E-state index is -0.0916. The molecule has 0 atom stereocenters. The Hall–Kier alpha value is -3.17. The lowest BCUT2D eigenvalue weighted by molar-refractivity contribution is -0.113. The monoisotopic (exact) mass is 476 g/mol. The molecule has 7 nitrogen and oxygen atoms in total. The number of rotatable bonds is 8. The Bertz CT molecular complexity index is 1220. The summed E-state index contributed by atoms with van der Waals surface area (Å²) in [4.78, 5) is 21.5. The summed E-state index contributed by atoms with van der Waals surface area (Å²) < 4.78 is 1.99. The Morgan fingerprint density at radius 1 is 0.909 bits per heavy atom. The Labute approximate surface area is 201 Å². The van der Waals surface area contributed by atoms with Crippen LogP contribution in [0.1, 0.15) is 22.8 Å². The number of aromatic nitrogens is 5. The lowest BCUT2D eigenvalue weighted by Crippen LogP contribution is -2.14. The largest absolute Gasteiger partial charge is 0.325 e. The number of nitrogens with zero attached hydrogens (tertiary/aromatic N) is 5. The smallest absolute Gasteiger partial charge is 0.234 e. The van der Waals surface area contributed by atoms with E-state index in [-0.39, 0.29) is 11.7 Å². The Morgan fingerprint density at radius 3 is 2.30 bits per heavy atom. The topological polar surface area (TPSA) is 85.6 Å². The number of amides is 1. The van der Waals surface area contributed by atoms with Crippen molar-refractivity contribution in [2.75, 3.05) is 11.1 Å². The van der Waals surface area contributed by atoms with E-state index in [1.807, 2.05) is 86.0 Å². The zero-order chi connectivity index (χ0) is 23.2. The van der Waals surface area contributed by atoms with Crippen LogP contribution in [0.25, 0.3) is 5.69 Å². The highest BCUT2D eigenvalue weighted by atomic mass is 32.2. The fraction of sp³-hybridized carbons (Fsp3) is 0.208. The fourth-order valence-electron chi connectivity index (χ4n) is 3.17. The van der Waals surface area contributed by atoms with Gasteiger partial charge in [-0.25, -0.2) is 9.97 Å². The number of carbonyl (C=O) groups is 1. The van der Waals surface area contributed by atoms with E-state index in [4.69, 9.17) is 0 Å². The molecule has 0 aliphatic carbocycles. The van der Waals surface area contributed by atoms with Crippen LogP contribution in [0.15, 0.2) is 71.0 Å². The van der Waals surface area contributed by atoms with Gasteiger partial charge in [0, 0.05) is 22.8 Å². The molecule has 2 heterocycles. The Morgan fingerprint density at radius 2 is 1.61 bits per heavy atom. The van der Waals surface area contributed by atoms with Crippen LogP contribution in [0.2, 0.25) is 0 Å². The number of anilines is 1. The molecule has 0 spiro atoms. The van der Waals surface area contributed by atoms with Crippen molar-refractivity contribution in [2.45, 2.75) is 36.8 Å². The van der Waals surface area contributed by atoms with Gasteiger partial charge in [0.2, 0.25) is 5.91 Å². The molecule has 1 amide bonds. The number of hydrogen-bond acceptors (Lipinski definition) is 7. The first-order valence-electron chi connectivity index (χ1n) is 10.4. The van der Waals surface area contributed by atoms with Gasteiger partial charge in [-0.2, -0.15) is 0 Å². The molecule has 0 aliphatic rings. The van der Waals surface area contributed by atoms with E-state index in [1.54, 1.807) is 0 Å². The van der Waals surface area contributed by atoms with Crippen molar-refractivity contribution in [2.24, 2.45) is 0 Å². The van der Waals surface area contributed by atoms with Crippen molar-refractivity contribution in [3.05, 3.63) is 83.4 Å². The van der Waals surface area contributed by atoms with Crippen molar-refractivity contribution in [3.63, 3.8) is 0 Å². The van der Waals surface area contributed by atoms with Gasteiger partial charge in [-0.15, -0.1) is 10.2 Å². The van der Waals surface area contributed by atoms with Crippen molar-refractivity contribution >= 4 is 35.1 Å². The molecule has 0 bridgehead atoms. The minimum absolute atomic E-state index is 0.0916. The summed E-state index contributed by atoms with van der Waals surface area (Å²) in [6.07, 6.45) is 0. The van der Waals surface area contributed by atoms with Gasteiger partial charge in [0.05, 0.1) is 11.5 Å². The maximum absolute atomic E-state index is 12.5. The molecule has 2 aromatic heterocycles. The molecule has 9 heteroatoms. The molecular weight excluding hydrogens is 452 g/mol. The van der Waals surface area contributed by atoms with E-state index >= 15 is 0 Å². The predicted molar refractivity (Wildman–Crippen MR) is 133 cm³/mol. The van der Waals surface area contributed by atoms with Crippen molar-refractivity contribution in [1.82, 2.24) is 24.7 Å². The second-order valence-corrected chi connectivity index (χ2v) is 9.38. The summed E-state index contributed by atoms with van der Waals surface area (Å²) in [5.41, 5.74) is 4.74. The Kier molecular flexibility index (Phi) is 7.41. The molecule has 0 radical (unpaired) electrons. The first kappa shape index (κ1) is 23.0. The maximum Gasteiger partial charge on any atom is 0.234 e. The molecule has 168 valence electrons. The van der Waals surface area contributed by atoms with E-state index in [9.17, 15) is 4.79 Å².